The highest BCUT2D eigenvalue weighted by molar-refractivity contribution is 5.79. The molecular weight excluding hydrogens is 300 g/mol. The molecule has 0 aliphatic rings. The Kier molecular flexibility index (Phi) is 7.08. The first kappa shape index (κ1) is 17.8. The fourth-order valence-electron chi connectivity index (χ4n) is 2.26. The van der Waals surface area contributed by atoms with Crippen LogP contribution in [0.2, 0.25) is 0 Å². The summed E-state index contributed by atoms with van der Waals surface area (Å²) in [4.78, 5) is 8.56. The van der Waals surface area contributed by atoms with Crippen LogP contribution in [0.5, 0.6) is 5.75 Å². The summed E-state index contributed by atoms with van der Waals surface area (Å²) in [6.45, 7) is 5.53. The molecule has 5 heteroatoms. The fraction of sp³-hybridized carbons (Fsp3) is 0.368. The van der Waals surface area contributed by atoms with Crippen LogP contribution in [0.3, 0.4) is 0 Å². The molecule has 0 saturated carbocycles. The molecule has 2 aromatic rings. The first-order valence-electron chi connectivity index (χ1n) is 8.27. The SMILES string of the molecule is CN=C(NCCc1ccccn1)NCc1cccc(OC(C)C)c1. The number of nitrogens with zero attached hydrogens (tertiary/aromatic N) is 2. The molecule has 0 aliphatic carbocycles. The van der Waals surface area contributed by atoms with E-state index in [1.54, 1.807) is 7.05 Å². The Bertz CT molecular complexity index is 641. The molecule has 0 bridgehead atoms. The van der Waals surface area contributed by atoms with Gasteiger partial charge < -0.3 is 15.4 Å². The van der Waals surface area contributed by atoms with E-state index >= 15 is 0 Å². The molecule has 0 spiro atoms. The van der Waals surface area contributed by atoms with Crippen LogP contribution in [0.1, 0.15) is 25.1 Å². The molecule has 0 saturated heterocycles. The molecule has 1 aromatic carbocycles. The van der Waals surface area contributed by atoms with Gasteiger partial charge in [-0.25, -0.2) is 0 Å². The standard InChI is InChI=1S/C19H26N4O/c1-15(2)24-18-9-6-7-16(13-18)14-23-19(20-3)22-12-10-17-8-4-5-11-21-17/h4-9,11,13,15H,10,12,14H2,1-3H3,(H2,20,22,23). The molecule has 1 heterocycles. The van der Waals surface area contributed by atoms with E-state index in [2.05, 4.69) is 26.7 Å². The van der Waals surface area contributed by atoms with Crippen molar-refractivity contribution in [2.75, 3.05) is 13.6 Å². The van der Waals surface area contributed by atoms with Crippen molar-refractivity contribution >= 4 is 5.96 Å². The second-order valence-corrected chi connectivity index (χ2v) is 5.74. The van der Waals surface area contributed by atoms with E-state index in [0.717, 1.165) is 35.9 Å². The lowest BCUT2D eigenvalue weighted by atomic mass is 10.2. The van der Waals surface area contributed by atoms with Crippen LogP contribution in [0.4, 0.5) is 0 Å². The Morgan fingerprint density at radius 3 is 2.75 bits per heavy atom. The zero-order valence-electron chi connectivity index (χ0n) is 14.6. The number of hydrogen-bond acceptors (Lipinski definition) is 3. The zero-order valence-corrected chi connectivity index (χ0v) is 14.6. The van der Waals surface area contributed by atoms with Crippen molar-refractivity contribution in [3.05, 3.63) is 59.9 Å². The Morgan fingerprint density at radius 2 is 2.04 bits per heavy atom. The van der Waals surface area contributed by atoms with Crippen molar-refractivity contribution in [2.45, 2.75) is 32.9 Å². The minimum Gasteiger partial charge on any atom is -0.491 e. The van der Waals surface area contributed by atoms with Gasteiger partial charge in [0.1, 0.15) is 5.75 Å². The molecule has 0 fully saturated rings. The van der Waals surface area contributed by atoms with Crippen molar-refractivity contribution in [1.29, 1.82) is 0 Å². The quantitative estimate of drug-likeness (QED) is 0.607. The summed E-state index contributed by atoms with van der Waals surface area (Å²) >= 11 is 0. The van der Waals surface area contributed by atoms with Gasteiger partial charge >= 0.3 is 0 Å². The van der Waals surface area contributed by atoms with Gasteiger partial charge in [0, 0.05) is 38.4 Å². The lowest BCUT2D eigenvalue weighted by Crippen LogP contribution is -2.37. The third-order valence-electron chi connectivity index (χ3n) is 3.35. The second-order valence-electron chi connectivity index (χ2n) is 5.74. The summed E-state index contributed by atoms with van der Waals surface area (Å²) in [5, 5.41) is 6.62. The first-order chi connectivity index (χ1) is 11.7. The van der Waals surface area contributed by atoms with E-state index in [9.17, 15) is 0 Å². The highest BCUT2D eigenvalue weighted by atomic mass is 16.5. The van der Waals surface area contributed by atoms with Crippen LogP contribution < -0.4 is 15.4 Å². The molecule has 5 nitrogen and oxygen atoms in total. The molecule has 24 heavy (non-hydrogen) atoms. The van der Waals surface area contributed by atoms with Gasteiger partial charge in [0.25, 0.3) is 0 Å². The van der Waals surface area contributed by atoms with Crippen LogP contribution in [0.15, 0.2) is 53.7 Å². The third kappa shape index (κ3) is 6.28. The molecule has 1 aromatic heterocycles. The van der Waals surface area contributed by atoms with Gasteiger partial charge in [0.2, 0.25) is 0 Å². The maximum Gasteiger partial charge on any atom is 0.191 e. The Morgan fingerprint density at radius 1 is 1.17 bits per heavy atom. The lowest BCUT2D eigenvalue weighted by Gasteiger charge is -2.13. The van der Waals surface area contributed by atoms with Crippen LogP contribution in [-0.2, 0) is 13.0 Å². The van der Waals surface area contributed by atoms with Gasteiger partial charge in [-0.1, -0.05) is 18.2 Å². The Labute approximate surface area is 144 Å². The second kappa shape index (κ2) is 9.55. The van der Waals surface area contributed by atoms with Crippen LogP contribution in [-0.4, -0.2) is 30.6 Å². The van der Waals surface area contributed by atoms with Crippen molar-refractivity contribution in [1.82, 2.24) is 15.6 Å². The molecule has 2 N–H and O–H groups in total. The van der Waals surface area contributed by atoms with E-state index in [1.807, 2.05) is 56.4 Å². The minimum atomic E-state index is 0.175. The highest BCUT2D eigenvalue weighted by Gasteiger charge is 2.02. The number of ether oxygens (including phenoxy) is 1. The molecule has 0 unspecified atom stereocenters. The largest absolute Gasteiger partial charge is 0.491 e. The van der Waals surface area contributed by atoms with E-state index in [0.29, 0.717) is 6.54 Å². The van der Waals surface area contributed by atoms with Gasteiger partial charge in [-0.3, -0.25) is 9.98 Å². The molecule has 0 atom stereocenters. The third-order valence-corrected chi connectivity index (χ3v) is 3.35. The number of benzene rings is 1. The van der Waals surface area contributed by atoms with E-state index < -0.39 is 0 Å². The first-order valence-corrected chi connectivity index (χ1v) is 8.27. The van der Waals surface area contributed by atoms with Gasteiger partial charge in [-0.05, 0) is 43.7 Å². The van der Waals surface area contributed by atoms with Crippen molar-refractivity contribution in [3.63, 3.8) is 0 Å². The van der Waals surface area contributed by atoms with Crippen LogP contribution >= 0.6 is 0 Å². The van der Waals surface area contributed by atoms with E-state index in [1.165, 1.54) is 0 Å². The molecule has 128 valence electrons. The average Bonchev–Trinajstić information content (AvgIpc) is 2.58. The molecular formula is C19H26N4O. The van der Waals surface area contributed by atoms with Crippen LogP contribution in [0.25, 0.3) is 0 Å². The smallest absolute Gasteiger partial charge is 0.191 e. The minimum absolute atomic E-state index is 0.175. The van der Waals surface area contributed by atoms with Crippen molar-refractivity contribution < 1.29 is 4.74 Å². The number of nitrogens with one attached hydrogen (secondary N) is 2. The number of hydrogen-bond donors (Lipinski definition) is 2. The number of aromatic nitrogens is 1. The molecule has 0 radical (unpaired) electrons. The summed E-state index contributed by atoms with van der Waals surface area (Å²) in [5.41, 5.74) is 2.22. The summed E-state index contributed by atoms with van der Waals surface area (Å²) in [7, 11) is 1.77. The van der Waals surface area contributed by atoms with Gasteiger partial charge in [-0.15, -0.1) is 0 Å². The van der Waals surface area contributed by atoms with Crippen LogP contribution in [0, 0.1) is 0 Å². The average molecular weight is 326 g/mol. The maximum atomic E-state index is 5.72. The highest BCUT2D eigenvalue weighted by Crippen LogP contribution is 2.14. The normalized spacial score (nSPS) is 11.4. The number of guanidine groups is 1. The number of rotatable bonds is 7. The van der Waals surface area contributed by atoms with E-state index in [-0.39, 0.29) is 6.10 Å². The maximum absolute atomic E-state index is 5.72. The van der Waals surface area contributed by atoms with Gasteiger partial charge in [0.15, 0.2) is 5.96 Å². The summed E-state index contributed by atoms with van der Waals surface area (Å²) in [6, 6.07) is 14.1. The predicted molar refractivity (Wildman–Crippen MR) is 98.3 cm³/mol. The van der Waals surface area contributed by atoms with Crippen molar-refractivity contribution in [2.24, 2.45) is 4.99 Å². The molecule has 2 rings (SSSR count). The van der Waals surface area contributed by atoms with Gasteiger partial charge in [-0.2, -0.15) is 0 Å². The summed E-state index contributed by atoms with van der Waals surface area (Å²) in [6.07, 6.45) is 2.85. The zero-order chi connectivity index (χ0) is 17.2. The molecule has 0 aliphatic heterocycles. The molecule has 0 amide bonds. The fourth-order valence-corrected chi connectivity index (χ4v) is 2.26. The number of pyridine rings is 1. The summed E-state index contributed by atoms with van der Waals surface area (Å²) in [5.74, 6) is 1.67. The van der Waals surface area contributed by atoms with E-state index in [4.69, 9.17) is 4.74 Å². The Hall–Kier alpha value is -2.56. The monoisotopic (exact) mass is 326 g/mol. The van der Waals surface area contributed by atoms with Crippen molar-refractivity contribution in [3.8, 4) is 5.75 Å². The Balaban J connectivity index is 1.79. The predicted octanol–water partition coefficient (Wildman–Crippen LogP) is 2.78. The van der Waals surface area contributed by atoms with Gasteiger partial charge in [0.05, 0.1) is 6.10 Å². The summed E-state index contributed by atoms with van der Waals surface area (Å²) < 4.78 is 5.72. The topological polar surface area (TPSA) is 58.5 Å². The lowest BCUT2D eigenvalue weighted by molar-refractivity contribution is 0.242. The number of aliphatic imine (C=N–C) groups is 1.